The van der Waals surface area contributed by atoms with E-state index in [1.807, 2.05) is 0 Å². The first kappa shape index (κ1) is 19.4. The summed E-state index contributed by atoms with van der Waals surface area (Å²) in [7, 11) is 1.38. The van der Waals surface area contributed by atoms with Gasteiger partial charge in [-0.1, -0.05) is 40.2 Å². The molecule has 5 nitrogen and oxygen atoms in total. The Morgan fingerprint density at radius 1 is 1.18 bits per heavy atom. The fraction of sp³-hybridized carbons (Fsp3) is 0.409. The van der Waals surface area contributed by atoms with E-state index in [0.29, 0.717) is 12.6 Å². The molecule has 2 aromatic carbocycles. The Kier molecular flexibility index (Phi) is 5.99. The number of ether oxygens (including phenoxy) is 2. The smallest absolute Gasteiger partial charge is 0.331 e. The molecule has 0 aliphatic carbocycles. The summed E-state index contributed by atoms with van der Waals surface area (Å²) in [5.41, 5.74) is 5.53. The third-order valence-electron chi connectivity index (χ3n) is 5.61. The minimum absolute atomic E-state index is 0.0188. The largest absolute Gasteiger partial charge is 0.467 e. The van der Waals surface area contributed by atoms with Crippen molar-refractivity contribution in [2.24, 2.45) is 0 Å². The molecule has 148 valence electrons. The van der Waals surface area contributed by atoms with Gasteiger partial charge in [0.25, 0.3) is 0 Å². The molecular weight excluding hydrogens is 420 g/mol. The molecule has 0 N–H and O–H groups in total. The third-order valence-corrected chi connectivity index (χ3v) is 6.10. The number of esters is 1. The molecule has 2 heterocycles. The lowest BCUT2D eigenvalue weighted by Gasteiger charge is -2.43. The molecule has 0 spiro atoms. The van der Waals surface area contributed by atoms with E-state index in [1.54, 1.807) is 0 Å². The van der Waals surface area contributed by atoms with E-state index >= 15 is 0 Å². The molecule has 6 heteroatoms. The zero-order valence-electron chi connectivity index (χ0n) is 16.1. The minimum atomic E-state index is -0.328. The maximum Gasteiger partial charge on any atom is 0.331 e. The lowest BCUT2D eigenvalue weighted by atomic mass is 9.96. The summed E-state index contributed by atoms with van der Waals surface area (Å²) in [6, 6.07) is 15.8. The molecule has 0 saturated carbocycles. The summed E-state index contributed by atoms with van der Waals surface area (Å²) >= 11 is 3.63. The van der Waals surface area contributed by atoms with E-state index in [0.717, 1.165) is 37.1 Å². The number of piperazine rings is 1. The van der Waals surface area contributed by atoms with Crippen molar-refractivity contribution in [3.63, 3.8) is 0 Å². The van der Waals surface area contributed by atoms with E-state index in [2.05, 4.69) is 72.9 Å². The SMILES string of the molecule is COC(=O)COCCN1CCN2c3ccc(Br)cc3Cc3ccccc3C2C1. The molecule has 0 bridgehead atoms. The molecule has 0 radical (unpaired) electrons. The highest BCUT2D eigenvalue weighted by molar-refractivity contribution is 9.10. The molecule has 1 atom stereocenters. The van der Waals surface area contributed by atoms with Crippen molar-refractivity contribution < 1.29 is 14.3 Å². The second-order valence-corrected chi connectivity index (χ2v) is 8.20. The van der Waals surface area contributed by atoms with Gasteiger partial charge in [-0.15, -0.1) is 0 Å². The van der Waals surface area contributed by atoms with Crippen LogP contribution in [0.3, 0.4) is 0 Å². The molecular formula is C22H25BrN2O3. The van der Waals surface area contributed by atoms with Crippen LogP contribution in [-0.2, 0) is 20.7 Å². The van der Waals surface area contributed by atoms with Gasteiger partial charge in [0, 0.05) is 36.3 Å². The number of anilines is 1. The molecule has 0 amide bonds. The van der Waals surface area contributed by atoms with Gasteiger partial charge in [0.1, 0.15) is 6.61 Å². The van der Waals surface area contributed by atoms with E-state index in [-0.39, 0.29) is 12.6 Å². The molecule has 2 aliphatic rings. The summed E-state index contributed by atoms with van der Waals surface area (Å²) in [5.74, 6) is -0.328. The Hall–Kier alpha value is -1.89. The number of hydrogen-bond acceptors (Lipinski definition) is 5. The normalized spacial score (nSPS) is 18.6. The molecule has 2 aliphatic heterocycles. The fourth-order valence-corrected chi connectivity index (χ4v) is 4.61. The maximum absolute atomic E-state index is 11.2. The number of hydrogen-bond donors (Lipinski definition) is 0. The van der Waals surface area contributed by atoms with Crippen molar-refractivity contribution in [2.75, 3.05) is 51.4 Å². The van der Waals surface area contributed by atoms with Crippen molar-refractivity contribution in [3.05, 3.63) is 63.6 Å². The van der Waals surface area contributed by atoms with Crippen LogP contribution in [0.15, 0.2) is 46.9 Å². The second kappa shape index (κ2) is 8.64. The van der Waals surface area contributed by atoms with Crippen LogP contribution in [0.25, 0.3) is 0 Å². The number of benzene rings is 2. The summed E-state index contributed by atoms with van der Waals surface area (Å²) in [5, 5.41) is 0. The maximum atomic E-state index is 11.2. The van der Waals surface area contributed by atoms with Crippen molar-refractivity contribution in [2.45, 2.75) is 12.5 Å². The highest BCUT2D eigenvalue weighted by Crippen LogP contribution is 2.40. The van der Waals surface area contributed by atoms with Crippen molar-refractivity contribution in [1.82, 2.24) is 4.90 Å². The van der Waals surface area contributed by atoms with Gasteiger partial charge >= 0.3 is 5.97 Å². The van der Waals surface area contributed by atoms with Gasteiger partial charge < -0.3 is 14.4 Å². The lowest BCUT2D eigenvalue weighted by Crippen LogP contribution is -2.49. The number of carbonyl (C=O) groups excluding carboxylic acids is 1. The molecule has 1 fully saturated rings. The van der Waals surface area contributed by atoms with Crippen LogP contribution < -0.4 is 4.90 Å². The first-order valence-electron chi connectivity index (χ1n) is 9.65. The Bertz CT molecular complexity index is 857. The monoisotopic (exact) mass is 444 g/mol. The number of carbonyl (C=O) groups is 1. The van der Waals surface area contributed by atoms with Crippen LogP contribution >= 0.6 is 15.9 Å². The van der Waals surface area contributed by atoms with Gasteiger partial charge in [-0.3, -0.25) is 4.90 Å². The standard InChI is InChI=1S/C22H25BrN2O3/c1-27-22(26)15-28-11-10-24-8-9-25-20-7-6-18(23)13-17(20)12-16-4-2-3-5-19(16)21(25)14-24/h2-7,13,21H,8-12,14-15H2,1H3. The fourth-order valence-electron chi connectivity index (χ4n) is 4.21. The molecule has 1 saturated heterocycles. The molecule has 1 unspecified atom stereocenters. The number of halogens is 1. The average Bonchev–Trinajstić information content (AvgIpc) is 2.84. The van der Waals surface area contributed by atoms with Crippen LogP contribution in [0.4, 0.5) is 5.69 Å². The quantitative estimate of drug-likeness (QED) is 0.522. The predicted octanol–water partition coefficient (Wildman–Crippen LogP) is 3.41. The van der Waals surface area contributed by atoms with Gasteiger partial charge in [0.2, 0.25) is 0 Å². The number of methoxy groups -OCH3 is 1. The molecule has 4 rings (SSSR count). The van der Waals surface area contributed by atoms with E-state index in [4.69, 9.17) is 4.74 Å². The topological polar surface area (TPSA) is 42.0 Å². The Morgan fingerprint density at radius 2 is 2.04 bits per heavy atom. The van der Waals surface area contributed by atoms with E-state index in [1.165, 1.54) is 29.5 Å². The van der Waals surface area contributed by atoms with Crippen molar-refractivity contribution in [3.8, 4) is 0 Å². The Balaban J connectivity index is 1.53. The first-order chi connectivity index (χ1) is 13.7. The van der Waals surface area contributed by atoms with Gasteiger partial charge in [0.15, 0.2) is 0 Å². The van der Waals surface area contributed by atoms with Crippen molar-refractivity contribution >= 4 is 27.6 Å². The zero-order valence-corrected chi connectivity index (χ0v) is 17.7. The lowest BCUT2D eigenvalue weighted by molar-refractivity contribution is -0.146. The third kappa shape index (κ3) is 4.09. The van der Waals surface area contributed by atoms with E-state index in [9.17, 15) is 4.79 Å². The van der Waals surface area contributed by atoms with Crippen LogP contribution in [-0.4, -0.2) is 57.4 Å². The van der Waals surface area contributed by atoms with Gasteiger partial charge in [0.05, 0.1) is 19.8 Å². The number of nitrogens with zero attached hydrogens (tertiary/aromatic N) is 2. The average molecular weight is 445 g/mol. The van der Waals surface area contributed by atoms with E-state index < -0.39 is 0 Å². The predicted molar refractivity (Wildman–Crippen MR) is 113 cm³/mol. The summed E-state index contributed by atoms with van der Waals surface area (Å²) in [6.07, 6.45) is 0.959. The zero-order chi connectivity index (χ0) is 19.5. The van der Waals surface area contributed by atoms with Gasteiger partial charge in [-0.25, -0.2) is 4.79 Å². The highest BCUT2D eigenvalue weighted by Gasteiger charge is 2.33. The van der Waals surface area contributed by atoms with Gasteiger partial charge in [-0.2, -0.15) is 0 Å². The molecule has 0 aromatic heterocycles. The molecule has 28 heavy (non-hydrogen) atoms. The Labute approximate surface area is 174 Å². The van der Waals surface area contributed by atoms with Crippen molar-refractivity contribution in [1.29, 1.82) is 0 Å². The minimum Gasteiger partial charge on any atom is -0.467 e. The van der Waals surface area contributed by atoms with Crippen LogP contribution in [0, 0.1) is 0 Å². The summed E-state index contributed by atoms with van der Waals surface area (Å²) < 4.78 is 11.2. The van der Waals surface area contributed by atoms with Crippen LogP contribution in [0.1, 0.15) is 22.7 Å². The van der Waals surface area contributed by atoms with Crippen LogP contribution in [0.5, 0.6) is 0 Å². The summed E-state index contributed by atoms with van der Waals surface area (Å²) in [4.78, 5) is 16.2. The summed E-state index contributed by atoms with van der Waals surface area (Å²) in [6.45, 7) is 4.28. The molecule has 2 aromatic rings. The first-order valence-corrected chi connectivity index (χ1v) is 10.4. The van der Waals surface area contributed by atoms with Crippen LogP contribution in [0.2, 0.25) is 0 Å². The second-order valence-electron chi connectivity index (χ2n) is 7.29. The highest BCUT2D eigenvalue weighted by atomic mass is 79.9. The number of rotatable bonds is 5. The van der Waals surface area contributed by atoms with Gasteiger partial charge in [-0.05, 0) is 41.3 Å². The Morgan fingerprint density at radius 3 is 2.89 bits per heavy atom. The number of fused-ring (bicyclic) bond motifs is 5.